The number of fused-ring (bicyclic) bond motifs is 1. The molecule has 0 fully saturated rings. The second-order valence-electron chi connectivity index (χ2n) is 5.38. The molecule has 4 nitrogen and oxygen atoms in total. The number of alkyl halides is 4. The molecule has 0 aliphatic carbocycles. The van der Waals surface area contributed by atoms with Gasteiger partial charge >= 0.3 is 6.36 Å². The highest BCUT2D eigenvalue weighted by atomic mass is 19.4. The maximum absolute atomic E-state index is 13.2. The molecule has 0 unspecified atom stereocenters. The van der Waals surface area contributed by atoms with Crippen LogP contribution in [0.4, 0.5) is 22.0 Å². The van der Waals surface area contributed by atoms with Crippen LogP contribution >= 0.6 is 0 Å². The third-order valence-electron chi connectivity index (χ3n) is 3.46. The van der Waals surface area contributed by atoms with Gasteiger partial charge in [0.15, 0.2) is 0 Å². The Balaban J connectivity index is 1.88. The van der Waals surface area contributed by atoms with Gasteiger partial charge in [0.1, 0.15) is 36.4 Å². The van der Waals surface area contributed by atoms with Crippen molar-refractivity contribution >= 4 is 11.0 Å². The molecule has 0 aliphatic rings. The number of H-pyrrole nitrogens is 1. The lowest BCUT2D eigenvalue weighted by molar-refractivity contribution is -0.274. The van der Waals surface area contributed by atoms with E-state index in [0.29, 0.717) is 22.4 Å². The molecule has 3 aromatic rings. The molecular formula is C17H13F5N2O2. The van der Waals surface area contributed by atoms with Crippen LogP contribution in [0.2, 0.25) is 0 Å². The lowest BCUT2D eigenvalue weighted by Gasteiger charge is -2.13. The van der Waals surface area contributed by atoms with E-state index in [1.807, 2.05) is 0 Å². The zero-order valence-corrected chi connectivity index (χ0v) is 13.2. The molecule has 0 saturated carbocycles. The van der Waals surface area contributed by atoms with Gasteiger partial charge in [0.05, 0.1) is 11.0 Å². The number of aromatic nitrogens is 2. The van der Waals surface area contributed by atoms with Gasteiger partial charge in [-0.3, -0.25) is 0 Å². The first-order valence-electron chi connectivity index (χ1n) is 7.55. The van der Waals surface area contributed by atoms with E-state index < -0.39 is 24.6 Å². The molecule has 0 aliphatic heterocycles. The van der Waals surface area contributed by atoms with E-state index in [2.05, 4.69) is 14.7 Å². The van der Waals surface area contributed by atoms with Crippen molar-refractivity contribution in [1.82, 2.24) is 9.97 Å². The number of aromatic amines is 1. The first kappa shape index (κ1) is 18.0. The number of rotatable bonds is 6. The summed E-state index contributed by atoms with van der Waals surface area (Å²) in [6, 6.07) is 7.61. The Hall–Kier alpha value is -2.84. The van der Waals surface area contributed by atoms with Gasteiger partial charge in [-0.25, -0.2) is 13.8 Å². The summed E-state index contributed by atoms with van der Waals surface area (Å²) in [5, 5.41) is 0. The van der Waals surface area contributed by atoms with E-state index in [0.717, 1.165) is 12.1 Å². The van der Waals surface area contributed by atoms with Gasteiger partial charge in [0.25, 0.3) is 0 Å². The summed E-state index contributed by atoms with van der Waals surface area (Å²) < 4.78 is 71.7. The number of halogens is 5. The quantitative estimate of drug-likeness (QED) is 0.647. The zero-order chi connectivity index (χ0) is 18.7. The Bertz CT molecular complexity index is 908. The second-order valence-corrected chi connectivity index (χ2v) is 5.38. The molecule has 0 saturated heterocycles. The lowest BCUT2D eigenvalue weighted by Crippen LogP contribution is -2.17. The summed E-state index contributed by atoms with van der Waals surface area (Å²) in [5.41, 5.74) is 1.51. The molecule has 3 rings (SSSR count). The second kappa shape index (κ2) is 7.19. The summed E-state index contributed by atoms with van der Waals surface area (Å²) >= 11 is 0. The molecule has 2 aromatic carbocycles. The van der Waals surface area contributed by atoms with Gasteiger partial charge in [0.2, 0.25) is 0 Å². The van der Waals surface area contributed by atoms with E-state index in [1.54, 1.807) is 0 Å². The zero-order valence-electron chi connectivity index (χ0n) is 13.2. The molecule has 0 spiro atoms. The molecule has 0 atom stereocenters. The third-order valence-corrected chi connectivity index (χ3v) is 3.46. The summed E-state index contributed by atoms with van der Waals surface area (Å²) in [6.07, 6.45) is -4.67. The predicted octanol–water partition coefficient (Wildman–Crippen LogP) is 4.54. The normalized spacial score (nSPS) is 11.7. The lowest BCUT2D eigenvalue weighted by atomic mass is 10.1. The van der Waals surface area contributed by atoms with Gasteiger partial charge in [-0.1, -0.05) is 6.07 Å². The molecule has 0 bridgehead atoms. The van der Waals surface area contributed by atoms with Crippen molar-refractivity contribution < 1.29 is 31.4 Å². The van der Waals surface area contributed by atoms with Gasteiger partial charge in [-0.15, -0.1) is 13.2 Å². The molecule has 9 heteroatoms. The number of nitrogens with one attached hydrogen (secondary N) is 1. The van der Waals surface area contributed by atoms with E-state index >= 15 is 0 Å². The van der Waals surface area contributed by atoms with Crippen LogP contribution in [0.3, 0.4) is 0 Å². The average Bonchev–Trinajstić information content (AvgIpc) is 2.94. The van der Waals surface area contributed by atoms with Crippen molar-refractivity contribution in [1.29, 1.82) is 0 Å². The molecule has 138 valence electrons. The van der Waals surface area contributed by atoms with E-state index in [1.165, 1.54) is 24.3 Å². The van der Waals surface area contributed by atoms with Crippen LogP contribution in [-0.4, -0.2) is 29.6 Å². The summed E-state index contributed by atoms with van der Waals surface area (Å²) in [6.45, 7) is -1.11. The Morgan fingerprint density at radius 1 is 1.08 bits per heavy atom. The minimum atomic E-state index is -4.85. The number of imidazole rings is 1. The first-order valence-corrected chi connectivity index (χ1v) is 7.55. The fourth-order valence-electron chi connectivity index (χ4n) is 2.46. The molecule has 1 N–H and O–H groups in total. The third kappa shape index (κ3) is 4.41. The van der Waals surface area contributed by atoms with Crippen molar-refractivity contribution in [3.8, 4) is 11.5 Å². The van der Waals surface area contributed by atoms with Crippen molar-refractivity contribution in [3.63, 3.8) is 0 Å². The van der Waals surface area contributed by atoms with Crippen LogP contribution in [0.15, 0.2) is 36.4 Å². The van der Waals surface area contributed by atoms with Gasteiger partial charge in [-0.05, 0) is 24.3 Å². The van der Waals surface area contributed by atoms with E-state index in [-0.39, 0.29) is 18.8 Å². The Kier molecular flexibility index (Phi) is 4.97. The largest absolute Gasteiger partial charge is 0.573 e. The van der Waals surface area contributed by atoms with Crippen molar-refractivity contribution in [2.45, 2.75) is 12.8 Å². The topological polar surface area (TPSA) is 47.1 Å². The van der Waals surface area contributed by atoms with Crippen LogP contribution in [0.25, 0.3) is 11.0 Å². The summed E-state index contributed by atoms with van der Waals surface area (Å²) in [5.74, 6) is -0.383. The van der Waals surface area contributed by atoms with Crippen LogP contribution in [0.5, 0.6) is 11.5 Å². The maximum atomic E-state index is 13.2. The number of hydrogen-bond acceptors (Lipinski definition) is 3. The Labute approximate surface area is 144 Å². The van der Waals surface area contributed by atoms with Crippen molar-refractivity contribution in [3.05, 3.63) is 53.6 Å². The molecule has 26 heavy (non-hydrogen) atoms. The van der Waals surface area contributed by atoms with Crippen LogP contribution < -0.4 is 9.47 Å². The monoisotopic (exact) mass is 372 g/mol. The minimum absolute atomic E-state index is 0.0519. The van der Waals surface area contributed by atoms with Crippen molar-refractivity contribution in [2.24, 2.45) is 0 Å². The fraction of sp³-hybridized carbons (Fsp3) is 0.235. The van der Waals surface area contributed by atoms with Gasteiger partial charge in [0, 0.05) is 18.1 Å². The van der Waals surface area contributed by atoms with Crippen LogP contribution in [0.1, 0.15) is 11.4 Å². The number of nitrogens with zero attached hydrogens (tertiary/aromatic N) is 1. The SMILES string of the molecule is FCCOc1cc(OC(F)(F)F)ccc1Cc1nc2ccc(F)cc2[nH]1. The molecular weight excluding hydrogens is 359 g/mol. The number of hydrogen-bond donors (Lipinski definition) is 1. The van der Waals surface area contributed by atoms with Gasteiger partial charge < -0.3 is 14.5 Å². The predicted molar refractivity (Wildman–Crippen MR) is 83.5 cm³/mol. The summed E-state index contributed by atoms with van der Waals surface area (Å²) in [4.78, 5) is 7.22. The highest BCUT2D eigenvalue weighted by Crippen LogP contribution is 2.30. The highest BCUT2D eigenvalue weighted by molar-refractivity contribution is 5.75. The molecule has 1 aromatic heterocycles. The molecule has 0 amide bonds. The molecule has 0 radical (unpaired) electrons. The first-order chi connectivity index (χ1) is 12.3. The standard InChI is InChI=1S/C17H13F5N2O2/c18-5-6-25-15-9-12(26-17(20,21)22)3-1-10(15)7-16-23-13-4-2-11(19)8-14(13)24-16/h1-4,8-9H,5-7H2,(H,23,24). The Morgan fingerprint density at radius 3 is 2.62 bits per heavy atom. The highest BCUT2D eigenvalue weighted by Gasteiger charge is 2.31. The van der Waals surface area contributed by atoms with E-state index in [4.69, 9.17) is 4.74 Å². The average molecular weight is 372 g/mol. The van der Waals surface area contributed by atoms with Crippen molar-refractivity contribution in [2.75, 3.05) is 13.3 Å². The smallest absolute Gasteiger partial charge is 0.490 e. The number of ether oxygens (including phenoxy) is 2. The number of benzene rings is 2. The van der Waals surface area contributed by atoms with Gasteiger partial charge in [-0.2, -0.15) is 0 Å². The minimum Gasteiger partial charge on any atom is -0.490 e. The summed E-state index contributed by atoms with van der Waals surface area (Å²) in [7, 11) is 0. The van der Waals surface area contributed by atoms with Crippen LogP contribution in [0, 0.1) is 5.82 Å². The van der Waals surface area contributed by atoms with E-state index in [9.17, 15) is 22.0 Å². The fourth-order valence-corrected chi connectivity index (χ4v) is 2.46. The molecule has 1 heterocycles. The maximum Gasteiger partial charge on any atom is 0.573 e. The Morgan fingerprint density at radius 2 is 1.88 bits per heavy atom. The van der Waals surface area contributed by atoms with Crippen LogP contribution in [-0.2, 0) is 6.42 Å².